The van der Waals surface area contributed by atoms with E-state index < -0.39 is 0 Å². The van der Waals surface area contributed by atoms with Crippen LogP contribution >= 0.6 is 12.4 Å². The number of nitrogens with one attached hydrogen (secondary N) is 1. The monoisotopic (exact) mass is 339 g/mol. The molecule has 0 saturated carbocycles. The second kappa shape index (κ2) is 9.26. The molecule has 0 aromatic heterocycles. The van der Waals surface area contributed by atoms with Gasteiger partial charge in [0.05, 0.1) is 0 Å². The molecule has 1 fully saturated rings. The van der Waals surface area contributed by atoms with Crippen LogP contribution in [-0.2, 0) is 6.54 Å². The smallest absolute Gasteiger partial charge is 0.251 e. The van der Waals surface area contributed by atoms with Gasteiger partial charge < -0.3 is 16.0 Å². The van der Waals surface area contributed by atoms with Gasteiger partial charge in [0, 0.05) is 37.8 Å². The maximum absolute atomic E-state index is 12.3. The van der Waals surface area contributed by atoms with Crippen LogP contribution in [0, 0.1) is 11.8 Å². The number of carbonyl (C=O) groups excluding carboxylic acids is 1. The summed E-state index contributed by atoms with van der Waals surface area (Å²) in [6.07, 6.45) is 1.31. The van der Waals surface area contributed by atoms with Crippen LogP contribution in [0.2, 0.25) is 0 Å². The molecule has 23 heavy (non-hydrogen) atoms. The third-order valence-corrected chi connectivity index (χ3v) is 4.31. The Morgan fingerprint density at radius 1 is 1.26 bits per heavy atom. The molecule has 5 heteroatoms. The number of carbonyl (C=O) groups is 1. The number of nitrogens with two attached hydrogens (primary N) is 1. The lowest BCUT2D eigenvalue weighted by molar-refractivity contribution is 0.0905. The lowest BCUT2D eigenvalue weighted by Crippen LogP contribution is -2.47. The number of rotatable bonds is 5. The van der Waals surface area contributed by atoms with Crippen LogP contribution in [0.3, 0.4) is 0 Å². The fourth-order valence-electron chi connectivity index (χ4n) is 3.47. The third kappa shape index (κ3) is 6.13. The van der Waals surface area contributed by atoms with Gasteiger partial charge in [-0.15, -0.1) is 12.4 Å². The molecule has 3 atom stereocenters. The highest BCUT2D eigenvalue weighted by Gasteiger charge is 2.23. The van der Waals surface area contributed by atoms with Crippen LogP contribution in [0.1, 0.15) is 43.1 Å². The van der Waals surface area contributed by atoms with Crippen LogP contribution in [0.4, 0.5) is 0 Å². The van der Waals surface area contributed by atoms with E-state index in [9.17, 15) is 4.79 Å². The van der Waals surface area contributed by atoms with Crippen LogP contribution < -0.4 is 11.1 Å². The van der Waals surface area contributed by atoms with Gasteiger partial charge >= 0.3 is 0 Å². The van der Waals surface area contributed by atoms with E-state index in [1.165, 1.54) is 6.42 Å². The highest BCUT2D eigenvalue weighted by Crippen LogP contribution is 2.20. The summed E-state index contributed by atoms with van der Waals surface area (Å²) in [6.45, 7) is 10.4. The number of hydrogen-bond acceptors (Lipinski definition) is 3. The van der Waals surface area contributed by atoms with Gasteiger partial charge in [-0.05, 0) is 42.9 Å². The molecule has 0 spiro atoms. The Bertz CT molecular complexity index is 482. The molecule has 1 saturated heterocycles. The number of likely N-dealkylation sites (tertiary alicyclic amines) is 1. The molecule has 2 rings (SSSR count). The molecule has 1 heterocycles. The number of hydrogen-bond donors (Lipinski definition) is 2. The highest BCUT2D eigenvalue weighted by molar-refractivity contribution is 5.94. The predicted octanol–water partition coefficient (Wildman–Crippen LogP) is 2.66. The van der Waals surface area contributed by atoms with Crippen LogP contribution in [0.15, 0.2) is 24.3 Å². The zero-order valence-corrected chi connectivity index (χ0v) is 15.2. The van der Waals surface area contributed by atoms with Gasteiger partial charge in [0.1, 0.15) is 0 Å². The Morgan fingerprint density at radius 3 is 2.35 bits per heavy atom. The zero-order valence-electron chi connectivity index (χ0n) is 14.4. The predicted molar refractivity (Wildman–Crippen MR) is 97.9 cm³/mol. The van der Waals surface area contributed by atoms with Crippen molar-refractivity contribution in [1.82, 2.24) is 10.2 Å². The summed E-state index contributed by atoms with van der Waals surface area (Å²) in [5, 5.41) is 3.10. The Balaban J connectivity index is 0.00000264. The van der Waals surface area contributed by atoms with Gasteiger partial charge in [-0.3, -0.25) is 4.79 Å². The molecule has 1 aliphatic rings. The number of amides is 1. The summed E-state index contributed by atoms with van der Waals surface area (Å²) in [4.78, 5) is 14.7. The van der Waals surface area contributed by atoms with E-state index in [-0.39, 0.29) is 24.4 Å². The largest absolute Gasteiger partial charge is 0.348 e. The summed E-state index contributed by atoms with van der Waals surface area (Å²) in [7, 11) is 0. The molecule has 3 N–H and O–H groups in total. The van der Waals surface area contributed by atoms with Crippen molar-refractivity contribution in [2.45, 2.75) is 39.8 Å². The summed E-state index contributed by atoms with van der Waals surface area (Å²) in [5.41, 5.74) is 7.32. The van der Waals surface area contributed by atoms with E-state index in [1.807, 2.05) is 24.3 Å². The standard InChI is InChI=1S/C18H29N3O.ClH/c1-13-8-14(2)11-21(10-13)12-15(3)20-18(22)17-6-4-16(9-19)5-7-17;/h4-7,13-15H,8-12,19H2,1-3H3,(H,20,22);1H. The van der Waals surface area contributed by atoms with Crippen molar-refractivity contribution in [3.05, 3.63) is 35.4 Å². The van der Waals surface area contributed by atoms with Crippen LogP contribution in [-0.4, -0.2) is 36.5 Å². The zero-order chi connectivity index (χ0) is 16.1. The molecular weight excluding hydrogens is 310 g/mol. The molecule has 1 aromatic carbocycles. The summed E-state index contributed by atoms with van der Waals surface area (Å²) in [5.74, 6) is 1.49. The molecule has 3 unspecified atom stereocenters. The van der Waals surface area contributed by atoms with Gasteiger partial charge in [0.2, 0.25) is 0 Å². The number of piperidine rings is 1. The van der Waals surface area contributed by atoms with Gasteiger partial charge in [-0.25, -0.2) is 0 Å². The molecule has 1 aromatic rings. The van der Waals surface area contributed by atoms with Gasteiger partial charge in [-0.1, -0.05) is 26.0 Å². The second-order valence-corrected chi connectivity index (χ2v) is 6.94. The number of halogens is 1. The van der Waals surface area contributed by atoms with E-state index >= 15 is 0 Å². The SMILES string of the molecule is CC1CC(C)CN(CC(C)NC(=O)c2ccc(CN)cc2)C1.Cl. The molecule has 0 bridgehead atoms. The Kier molecular flexibility index (Phi) is 8.03. The fourth-order valence-corrected chi connectivity index (χ4v) is 3.47. The Labute approximate surface area is 146 Å². The normalized spacial score (nSPS) is 23.0. The minimum atomic E-state index is -0.00539. The Morgan fingerprint density at radius 2 is 1.83 bits per heavy atom. The highest BCUT2D eigenvalue weighted by atomic mass is 35.5. The molecule has 0 aliphatic carbocycles. The van der Waals surface area contributed by atoms with E-state index in [0.717, 1.165) is 37.0 Å². The average Bonchev–Trinajstić information content (AvgIpc) is 2.46. The first kappa shape index (κ1) is 19.9. The summed E-state index contributed by atoms with van der Waals surface area (Å²) < 4.78 is 0. The first-order valence-electron chi connectivity index (χ1n) is 8.30. The maximum atomic E-state index is 12.3. The third-order valence-electron chi connectivity index (χ3n) is 4.31. The average molecular weight is 340 g/mol. The fraction of sp³-hybridized carbons (Fsp3) is 0.611. The molecule has 4 nitrogen and oxygen atoms in total. The second-order valence-electron chi connectivity index (χ2n) is 6.94. The maximum Gasteiger partial charge on any atom is 0.251 e. The minimum absolute atomic E-state index is 0. The van der Waals surface area contributed by atoms with Gasteiger partial charge in [0.25, 0.3) is 5.91 Å². The van der Waals surface area contributed by atoms with Crippen LogP contribution in [0.25, 0.3) is 0 Å². The number of benzene rings is 1. The first-order valence-corrected chi connectivity index (χ1v) is 8.30. The van der Waals surface area contributed by atoms with E-state index in [1.54, 1.807) is 0 Å². The van der Waals surface area contributed by atoms with Crippen molar-refractivity contribution in [1.29, 1.82) is 0 Å². The molecule has 0 radical (unpaired) electrons. The van der Waals surface area contributed by atoms with Crippen molar-refractivity contribution in [2.75, 3.05) is 19.6 Å². The summed E-state index contributed by atoms with van der Waals surface area (Å²) in [6, 6.07) is 7.66. The molecular formula is C18H30ClN3O. The lowest BCUT2D eigenvalue weighted by Gasteiger charge is -2.36. The molecule has 1 aliphatic heterocycles. The Hall–Kier alpha value is -1.10. The van der Waals surface area contributed by atoms with E-state index in [2.05, 4.69) is 31.0 Å². The quantitative estimate of drug-likeness (QED) is 0.867. The number of nitrogens with zero attached hydrogens (tertiary/aromatic N) is 1. The van der Waals surface area contributed by atoms with Gasteiger partial charge in [-0.2, -0.15) is 0 Å². The molecule has 1 amide bonds. The van der Waals surface area contributed by atoms with E-state index in [4.69, 9.17) is 5.73 Å². The minimum Gasteiger partial charge on any atom is -0.348 e. The van der Waals surface area contributed by atoms with Crippen molar-refractivity contribution in [2.24, 2.45) is 17.6 Å². The van der Waals surface area contributed by atoms with E-state index in [0.29, 0.717) is 12.1 Å². The topological polar surface area (TPSA) is 58.4 Å². The first-order chi connectivity index (χ1) is 10.5. The van der Waals surface area contributed by atoms with Crippen molar-refractivity contribution in [3.63, 3.8) is 0 Å². The molecule has 130 valence electrons. The van der Waals surface area contributed by atoms with Crippen molar-refractivity contribution in [3.8, 4) is 0 Å². The van der Waals surface area contributed by atoms with Crippen molar-refractivity contribution < 1.29 is 4.79 Å². The van der Waals surface area contributed by atoms with Crippen LogP contribution in [0.5, 0.6) is 0 Å². The van der Waals surface area contributed by atoms with Gasteiger partial charge in [0.15, 0.2) is 0 Å². The van der Waals surface area contributed by atoms with Crippen molar-refractivity contribution >= 4 is 18.3 Å². The summed E-state index contributed by atoms with van der Waals surface area (Å²) >= 11 is 0. The lowest BCUT2D eigenvalue weighted by atomic mass is 9.92.